The van der Waals surface area contributed by atoms with E-state index in [-0.39, 0.29) is 21.7 Å². The van der Waals surface area contributed by atoms with E-state index in [1.54, 1.807) is 31.2 Å². The normalized spacial score (nSPS) is 11.5. The van der Waals surface area contributed by atoms with Gasteiger partial charge in [0.25, 0.3) is 0 Å². The van der Waals surface area contributed by atoms with Crippen LogP contribution in [-0.4, -0.2) is 19.9 Å². The summed E-state index contributed by atoms with van der Waals surface area (Å²) in [5, 5.41) is 2.97. The van der Waals surface area contributed by atoms with Gasteiger partial charge in [-0.05, 0) is 43.3 Å². The number of hydrogen-bond donors (Lipinski definition) is 1. The number of rotatable bonds is 5. The van der Waals surface area contributed by atoms with Crippen LogP contribution in [0.1, 0.15) is 6.92 Å². The largest absolute Gasteiger partial charge is 0.419 e. The SMILES string of the molecule is CCNc1oc(-c2ccccc2Cl)nc1S(=O)(=O)c1ccc(F)cc1. The van der Waals surface area contributed by atoms with Crippen molar-refractivity contribution in [3.63, 3.8) is 0 Å². The number of aromatic nitrogens is 1. The smallest absolute Gasteiger partial charge is 0.233 e. The zero-order chi connectivity index (χ0) is 18.0. The molecule has 0 radical (unpaired) electrons. The maximum atomic E-state index is 13.1. The Bertz CT molecular complexity index is 1000. The van der Waals surface area contributed by atoms with Gasteiger partial charge in [0.2, 0.25) is 26.6 Å². The minimum Gasteiger partial charge on any atom is -0.419 e. The van der Waals surface area contributed by atoms with Crippen LogP contribution in [0.3, 0.4) is 0 Å². The summed E-state index contributed by atoms with van der Waals surface area (Å²) in [7, 11) is -3.99. The predicted octanol–water partition coefficient (Wildman–Crippen LogP) is 4.40. The number of nitrogens with one attached hydrogen (secondary N) is 1. The monoisotopic (exact) mass is 380 g/mol. The molecule has 5 nitrogen and oxygen atoms in total. The third-order valence-electron chi connectivity index (χ3n) is 3.42. The van der Waals surface area contributed by atoms with Crippen molar-refractivity contribution in [3.8, 4) is 11.5 Å². The molecule has 2 aromatic carbocycles. The highest BCUT2D eigenvalue weighted by Gasteiger charge is 2.28. The number of anilines is 1. The van der Waals surface area contributed by atoms with Gasteiger partial charge >= 0.3 is 0 Å². The van der Waals surface area contributed by atoms with Crippen molar-refractivity contribution in [2.45, 2.75) is 16.8 Å². The van der Waals surface area contributed by atoms with Crippen LogP contribution in [0.2, 0.25) is 5.02 Å². The molecule has 0 saturated carbocycles. The molecule has 130 valence electrons. The predicted molar refractivity (Wildman–Crippen MR) is 93.0 cm³/mol. The Morgan fingerprint density at radius 2 is 1.84 bits per heavy atom. The third kappa shape index (κ3) is 3.38. The first-order chi connectivity index (χ1) is 11.9. The third-order valence-corrected chi connectivity index (χ3v) is 5.42. The van der Waals surface area contributed by atoms with Crippen LogP contribution in [-0.2, 0) is 9.84 Å². The molecule has 0 aliphatic carbocycles. The van der Waals surface area contributed by atoms with Crippen LogP contribution >= 0.6 is 11.6 Å². The Morgan fingerprint density at radius 1 is 1.16 bits per heavy atom. The van der Waals surface area contributed by atoms with Gasteiger partial charge in [-0.2, -0.15) is 4.98 Å². The van der Waals surface area contributed by atoms with Gasteiger partial charge < -0.3 is 9.73 Å². The summed E-state index contributed by atoms with van der Waals surface area (Å²) in [5.74, 6) is -0.424. The first-order valence-electron chi connectivity index (χ1n) is 7.43. The van der Waals surface area contributed by atoms with Crippen LogP contribution in [0.5, 0.6) is 0 Å². The molecule has 1 N–H and O–H groups in total. The molecule has 0 bridgehead atoms. The molecule has 0 aliphatic rings. The van der Waals surface area contributed by atoms with E-state index in [0.717, 1.165) is 12.1 Å². The highest BCUT2D eigenvalue weighted by Crippen LogP contribution is 2.34. The van der Waals surface area contributed by atoms with Crippen LogP contribution in [0, 0.1) is 5.82 Å². The van der Waals surface area contributed by atoms with Crippen molar-refractivity contribution >= 4 is 27.3 Å². The molecule has 0 amide bonds. The van der Waals surface area contributed by atoms with Crippen molar-refractivity contribution in [1.29, 1.82) is 0 Å². The van der Waals surface area contributed by atoms with Crippen molar-refractivity contribution in [2.24, 2.45) is 0 Å². The minimum atomic E-state index is -3.99. The molecule has 3 aromatic rings. The second kappa shape index (κ2) is 6.85. The Labute approximate surface area is 149 Å². The Kier molecular flexibility index (Phi) is 4.78. The maximum Gasteiger partial charge on any atom is 0.233 e. The Balaban J connectivity index is 2.15. The van der Waals surface area contributed by atoms with Crippen molar-refractivity contribution in [3.05, 3.63) is 59.4 Å². The molecule has 0 unspecified atom stereocenters. The van der Waals surface area contributed by atoms with Gasteiger partial charge in [-0.3, -0.25) is 0 Å². The van der Waals surface area contributed by atoms with E-state index in [4.69, 9.17) is 16.0 Å². The molecule has 0 saturated heterocycles. The molecule has 3 rings (SSSR count). The number of halogens is 2. The Hall–Kier alpha value is -2.38. The molecule has 0 aliphatic heterocycles. The molecule has 0 fully saturated rings. The highest BCUT2D eigenvalue weighted by atomic mass is 35.5. The van der Waals surface area contributed by atoms with Crippen LogP contribution in [0.15, 0.2) is 62.9 Å². The van der Waals surface area contributed by atoms with Gasteiger partial charge in [-0.1, -0.05) is 23.7 Å². The first kappa shape index (κ1) is 17.4. The van der Waals surface area contributed by atoms with E-state index < -0.39 is 15.7 Å². The summed E-state index contributed by atoms with van der Waals surface area (Å²) >= 11 is 6.13. The van der Waals surface area contributed by atoms with Gasteiger partial charge in [0.15, 0.2) is 0 Å². The first-order valence-corrected chi connectivity index (χ1v) is 9.30. The molecular weight excluding hydrogens is 367 g/mol. The summed E-state index contributed by atoms with van der Waals surface area (Å²) in [4.78, 5) is 4.06. The van der Waals surface area contributed by atoms with Crippen molar-refractivity contribution < 1.29 is 17.2 Å². The summed E-state index contributed by atoms with van der Waals surface area (Å²) in [6.45, 7) is 2.23. The number of sulfone groups is 1. The fourth-order valence-electron chi connectivity index (χ4n) is 2.24. The summed E-state index contributed by atoms with van der Waals surface area (Å²) in [5.41, 5.74) is 0.476. The number of nitrogens with zero attached hydrogens (tertiary/aromatic N) is 1. The lowest BCUT2D eigenvalue weighted by atomic mass is 10.2. The van der Waals surface area contributed by atoms with E-state index in [1.165, 1.54) is 12.1 Å². The lowest BCUT2D eigenvalue weighted by Gasteiger charge is -2.04. The van der Waals surface area contributed by atoms with Crippen molar-refractivity contribution in [1.82, 2.24) is 4.98 Å². The lowest BCUT2D eigenvalue weighted by Crippen LogP contribution is -2.07. The summed E-state index contributed by atoms with van der Waals surface area (Å²) < 4.78 is 44.4. The number of benzene rings is 2. The number of oxazole rings is 1. The fourth-order valence-corrected chi connectivity index (χ4v) is 3.73. The van der Waals surface area contributed by atoms with Gasteiger partial charge in [0.1, 0.15) is 5.82 Å². The highest BCUT2D eigenvalue weighted by molar-refractivity contribution is 7.91. The minimum absolute atomic E-state index is 0.0155. The molecule has 0 spiro atoms. The number of hydrogen-bond acceptors (Lipinski definition) is 5. The lowest BCUT2D eigenvalue weighted by molar-refractivity contribution is 0.578. The molecule has 0 atom stereocenters. The van der Waals surface area contributed by atoms with Crippen LogP contribution < -0.4 is 5.32 Å². The molecule has 1 heterocycles. The molecule has 25 heavy (non-hydrogen) atoms. The zero-order valence-electron chi connectivity index (χ0n) is 13.2. The van der Waals surface area contributed by atoms with E-state index in [1.807, 2.05) is 0 Å². The van der Waals surface area contributed by atoms with E-state index in [9.17, 15) is 12.8 Å². The second-order valence-electron chi connectivity index (χ2n) is 5.12. The van der Waals surface area contributed by atoms with Crippen molar-refractivity contribution in [2.75, 3.05) is 11.9 Å². The second-order valence-corrected chi connectivity index (χ2v) is 7.39. The standard InChI is InChI=1S/C17H14ClFN2O3S/c1-2-20-16-17(25(22,23)12-9-7-11(19)8-10-12)21-15(24-16)13-5-3-4-6-14(13)18/h3-10,20H,2H2,1H3. The molecular formula is C17H14ClFN2O3S. The Morgan fingerprint density at radius 3 is 2.48 bits per heavy atom. The average Bonchev–Trinajstić information content (AvgIpc) is 3.00. The van der Waals surface area contributed by atoms with Gasteiger partial charge in [0, 0.05) is 6.54 Å². The van der Waals surface area contributed by atoms with Gasteiger partial charge in [-0.15, -0.1) is 0 Å². The summed E-state index contributed by atoms with van der Waals surface area (Å²) in [6, 6.07) is 11.3. The quantitative estimate of drug-likeness (QED) is 0.664. The van der Waals surface area contributed by atoms with Crippen LogP contribution in [0.25, 0.3) is 11.5 Å². The van der Waals surface area contributed by atoms with Crippen LogP contribution in [0.4, 0.5) is 10.3 Å². The maximum absolute atomic E-state index is 13.1. The molecule has 8 heteroatoms. The fraction of sp³-hybridized carbons (Fsp3) is 0.118. The topological polar surface area (TPSA) is 72.2 Å². The van der Waals surface area contributed by atoms with Gasteiger partial charge in [-0.25, -0.2) is 12.8 Å². The van der Waals surface area contributed by atoms with Gasteiger partial charge in [0.05, 0.1) is 15.5 Å². The van der Waals surface area contributed by atoms with E-state index in [2.05, 4.69) is 10.3 Å². The molecule has 1 aromatic heterocycles. The zero-order valence-corrected chi connectivity index (χ0v) is 14.7. The van der Waals surface area contributed by atoms with E-state index >= 15 is 0 Å². The average molecular weight is 381 g/mol. The van der Waals surface area contributed by atoms with E-state index in [0.29, 0.717) is 17.1 Å². The summed E-state index contributed by atoms with van der Waals surface area (Å²) in [6.07, 6.45) is 0.